The topological polar surface area (TPSA) is 67.6 Å². The van der Waals surface area contributed by atoms with Gasteiger partial charge in [-0.2, -0.15) is 5.10 Å². The average Bonchev–Trinajstić information content (AvgIpc) is 3.20. The summed E-state index contributed by atoms with van der Waals surface area (Å²) in [5, 5.41) is 15.7. The van der Waals surface area contributed by atoms with Crippen LogP contribution in [-0.2, 0) is 12.6 Å². The van der Waals surface area contributed by atoms with E-state index in [0.29, 0.717) is 12.1 Å². The molecule has 0 unspecified atom stereocenters. The van der Waals surface area contributed by atoms with Gasteiger partial charge in [0.2, 0.25) is 0 Å². The van der Waals surface area contributed by atoms with E-state index >= 15 is 0 Å². The van der Waals surface area contributed by atoms with Crippen molar-refractivity contribution < 1.29 is 14.6 Å². The highest BCUT2D eigenvalue weighted by Crippen LogP contribution is 2.36. The van der Waals surface area contributed by atoms with Gasteiger partial charge in [-0.15, -0.1) is 0 Å². The minimum atomic E-state index is -1.14. The molecule has 140 valence electrons. The smallest absolute Gasteiger partial charge is 0.257 e. The number of likely N-dealkylation sites (tertiary alicyclic amines) is 1. The summed E-state index contributed by atoms with van der Waals surface area (Å²) < 4.78 is 6.93. The molecular weight excluding hydrogens is 330 g/mol. The number of aliphatic hydroxyl groups is 1. The molecule has 2 aromatic rings. The van der Waals surface area contributed by atoms with Crippen LogP contribution in [0.3, 0.4) is 0 Å². The van der Waals surface area contributed by atoms with Crippen LogP contribution in [0.4, 0.5) is 0 Å². The zero-order chi connectivity index (χ0) is 19.1. The van der Waals surface area contributed by atoms with Crippen LogP contribution in [-0.4, -0.2) is 45.4 Å². The number of amides is 1. The first-order chi connectivity index (χ1) is 12.3. The SMILES string of the molecule is COc1ccc([C@@](C)(O)[C@@H]2CCCN2C(=O)c2c(C)nn(C)c2C)cc1. The minimum absolute atomic E-state index is 0.0515. The van der Waals surface area contributed by atoms with Crippen molar-refractivity contribution in [1.82, 2.24) is 14.7 Å². The van der Waals surface area contributed by atoms with Crippen LogP contribution in [0.2, 0.25) is 0 Å². The summed E-state index contributed by atoms with van der Waals surface area (Å²) in [6.07, 6.45) is 1.64. The third-order valence-electron chi connectivity index (χ3n) is 5.56. The summed E-state index contributed by atoms with van der Waals surface area (Å²) in [7, 11) is 3.46. The average molecular weight is 357 g/mol. The van der Waals surface area contributed by atoms with Gasteiger partial charge in [-0.3, -0.25) is 9.48 Å². The van der Waals surface area contributed by atoms with Crippen molar-refractivity contribution in [3.8, 4) is 5.75 Å². The number of hydrogen-bond acceptors (Lipinski definition) is 4. The van der Waals surface area contributed by atoms with Crippen molar-refractivity contribution in [1.29, 1.82) is 0 Å². The zero-order valence-electron chi connectivity index (χ0n) is 16.1. The molecule has 1 aliphatic heterocycles. The van der Waals surface area contributed by atoms with E-state index < -0.39 is 5.60 Å². The van der Waals surface area contributed by atoms with Gasteiger partial charge in [-0.1, -0.05) is 12.1 Å². The number of aromatic nitrogens is 2. The van der Waals surface area contributed by atoms with Crippen molar-refractivity contribution in [2.24, 2.45) is 7.05 Å². The highest BCUT2D eigenvalue weighted by Gasteiger charge is 2.43. The van der Waals surface area contributed by atoms with Crippen molar-refractivity contribution in [2.45, 2.75) is 45.3 Å². The fourth-order valence-corrected chi connectivity index (χ4v) is 3.94. The zero-order valence-corrected chi connectivity index (χ0v) is 16.1. The second-order valence-corrected chi connectivity index (χ2v) is 7.20. The van der Waals surface area contributed by atoms with Gasteiger partial charge < -0.3 is 14.7 Å². The summed E-state index contributed by atoms with van der Waals surface area (Å²) in [6.45, 7) is 6.18. The monoisotopic (exact) mass is 357 g/mol. The van der Waals surface area contributed by atoms with Crippen molar-refractivity contribution >= 4 is 5.91 Å². The fourth-order valence-electron chi connectivity index (χ4n) is 3.94. The molecule has 3 rings (SSSR count). The maximum atomic E-state index is 13.2. The molecule has 0 bridgehead atoms. The number of aryl methyl sites for hydroxylation is 2. The van der Waals surface area contributed by atoms with Gasteiger partial charge in [-0.25, -0.2) is 0 Å². The molecule has 1 fully saturated rings. The lowest BCUT2D eigenvalue weighted by Gasteiger charge is -2.37. The Morgan fingerprint density at radius 2 is 1.96 bits per heavy atom. The molecular formula is C20H27N3O3. The van der Waals surface area contributed by atoms with Gasteiger partial charge in [0.05, 0.1) is 24.4 Å². The lowest BCUT2D eigenvalue weighted by Crippen LogP contribution is -2.48. The quantitative estimate of drug-likeness (QED) is 0.913. The molecule has 1 aliphatic rings. The number of methoxy groups -OCH3 is 1. The summed E-state index contributed by atoms with van der Waals surface area (Å²) in [4.78, 5) is 15.0. The standard InChI is InChI=1S/C20H27N3O3/c1-13-18(14(2)22(4)21-13)19(24)23-12-6-7-17(23)20(3,25)15-8-10-16(26-5)11-9-15/h8-11,17,25H,6-7,12H2,1-5H3/t17-,20+/m0/s1. The summed E-state index contributed by atoms with van der Waals surface area (Å²) in [6, 6.07) is 7.11. The Hall–Kier alpha value is -2.34. The first-order valence-electron chi connectivity index (χ1n) is 8.95. The maximum absolute atomic E-state index is 13.2. The molecule has 0 spiro atoms. The summed E-state index contributed by atoms with van der Waals surface area (Å²) in [5.74, 6) is 0.690. The van der Waals surface area contributed by atoms with E-state index in [9.17, 15) is 9.90 Å². The molecule has 6 nitrogen and oxygen atoms in total. The number of ether oxygens (including phenoxy) is 1. The predicted octanol–water partition coefficient (Wildman–Crippen LogP) is 2.56. The van der Waals surface area contributed by atoms with Crippen LogP contribution in [0.1, 0.15) is 47.1 Å². The second kappa shape index (κ2) is 6.76. The molecule has 0 aliphatic carbocycles. The van der Waals surface area contributed by atoms with E-state index in [4.69, 9.17) is 4.74 Å². The fraction of sp³-hybridized carbons (Fsp3) is 0.500. The molecule has 26 heavy (non-hydrogen) atoms. The van der Waals surface area contributed by atoms with E-state index in [1.54, 1.807) is 23.6 Å². The largest absolute Gasteiger partial charge is 0.497 e. The van der Waals surface area contributed by atoms with Gasteiger partial charge in [-0.05, 0) is 51.3 Å². The third-order valence-corrected chi connectivity index (χ3v) is 5.56. The van der Waals surface area contributed by atoms with E-state index in [-0.39, 0.29) is 11.9 Å². The van der Waals surface area contributed by atoms with Gasteiger partial charge in [0.15, 0.2) is 0 Å². The van der Waals surface area contributed by atoms with Crippen molar-refractivity contribution in [3.05, 3.63) is 46.8 Å². The number of rotatable bonds is 4. The van der Waals surface area contributed by atoms with Crippen LogP contribution >= 0.6 is 0 Å². The van der Waals surface area contributed by atoms with Crippen molar-refractivity contribution in [2.75, 3.05) is 13.7 Å². The number of carbonyl (C=O) groups is 1. The highest BCUT2D eigenvalue weighted by molar-refractivity contribution is 5.96. The van der Waals surface area contributed by atoms with E-state index in [1.807, 2.05) is 45.2 Å². The van der Waals surface area contributed by atoms with Gasteiger partial charge in [0, 0.05) is 19.3 Å². The van der Waals surface area contributed by atoms with Crippen LogP contribution in [0.5, 0.6) is 5.75 Å². The number of carbonyl (C=O) groups excluding carboxylic acids is 1. The maximum Gasteiger partial charge on any atom is 0.257 e. The molecule has 1 saturated heterocycles. The first-order valence-corrected chi connectivity index (χ1v) is 8.95. The molecule has 1 aromatic heterocycles. The Labute approximate surface area is 154 Å². The van der Waals surface area contributed by atoms with Crippen molar-refractivity contribution in [3.63, 3.8) is 0 Å². The Kier molecular flexibility index (Phi) is 4.80. The number of nitrogens with zero attached hydrogens (tertiary/aromatic N) is 3. The lowest BCUT2D eigenvalue weighted by atomic mass is 9.86. The van der Waals surface area contributed by atoms with Gasteiger partial charge in [0.1, 0.15) is 11.4 Å². The summed E-state index contributed by atoms with van der Waals surface area (Å²) >= 11 is 0. The van der Waals surface area contributed by atoms with Crippen LogP contribution in [0.25, 0.3) is 0 Å². The second-order valence-electron chi connectivity index (χ2n) is 7.20. The summed E-state index contributed by atoms with van der Waals surface area (Å²) in [5.41, 5.74) is 1.86. The Balaban J connectivity index is 1.92. The highest BCUT2D eigenvalue weighted by atomic mass is 16.5. The molecule has 2 atom stereocenters. The molecule has 1 aromatic carbocycles. The third kappa shape index (κ3) is 2.98. The van der Waals surface area contributed by atoms with E-state index in [0.717, 1.165) is 35.5 Å². The molecule has 1 amide bonds. The molecule has 0 radical (unpaired) electrons. The Bertz CT molecular complexity index is 808. The molecule has 0 saturated carbocycles. The number of hydrogen-bond donors (Lipinski definition) is 1. The number of benzene rings is 1. The van der Waals surface area contributed by atoms with Crippen LogP contribution in [0, 0.1) is 13.8 Å². The molecule has 2 heterocycles. The first kappa shape index (κ1) is 18.5. The molecule has 1 N–H and O–H groups in total. The normalized spacial score (nSPS) is 19.5. The Morgan fingerprint density at radius 3 is 2.50 bits per heavy atom. The van der Waals surface area contributed by atoms with Gasteiger partial charge in [0.25, 0.3) is 5.91 Å². The lowest BCUT2D eigenvalue weighted by molar-refractivity contribution is -0.0177. The van der Waals surface area contributed by atoms with Crippen LogP contribution < -0.4 is 4.74 Å². The van der Waals surface area contributed by atoms with E-state index in [1.165, 1.54) is 0 Å². The minimum Gasteiger partial charge on any atom is -0.497 e. The predicted molar refractivity (Wildman–Crippen MR) is 99.3 cm³/mol. The molecule has 6 heteroatoms. The van der Waals surface area contributed by atoms with E-state index in [2.05, 4.69) is 5.10 Å². The van der Waals surface area contributed by atoms with Gasteiger partial charge >= 0.3 is 0 Å². The Morgan fingerprint density at radius 1 is 1.31 bits per heavy atom. The van der Waals surface area contributed by atoms with Crippen LogP contribution in [0.15, 0.2) is 24.3 Å².